The fourth-order valence-electron chi connectivity index (χ4n) is 5.35. The molecule has 6 rings (SSSR count). The zero-order valence-corrected chi connectivity index (χ0v) is 23.6. The summed E-state index contributed by atoms with van der Waals surface area (Å²) in [6, 6.07) is 10.1. The van der Waals surface area contributed by atoms with Crippen molar-refractivity contribution in [1.29, 1.82) is 0 Å². The van der Waals surface area contributed by atoms with Crippen LogP contribution < -0.4 is 10.2 Å². The molecule has 1 aliphatic heterocycles. The van der Waals surface area contributed by atoms with Gasteiger partial charge in [0.1, 0.15) is 16.9 Å². The standard InChI is InChI=1S/C25H30N6O3S.C2HF3O2/c1-35(32,33)22-8-4-7-19-25(22)29-23(28-19)15-26-20-13-18(30-9-11-34-12-10-30)14-21-24(20)27-16-31(21)17-5-2-3-6-17;3-2(4,5)1(6)7/h4,7-8,13-14,16-17,26H,2-3,5-6,9-12,15H2,1H3,(H,28,29);(H,6,7). The Bertz CT molecular complexity index is 1690. The van der Waals surface area contributed by atoms with Gasteiger partial charge in [0.2, 0.25) is 0 Å². The number of fused-ring (bicyclic) bond motifs is 2. The smallest absolute Gasteiger partial charge is 0.475 e. The Balaban J connectivity index is 0.000000451. The van der Waals surface area contributed by atoms with Crippen LogP contribution in [0.2, 0.25) is 0 Å². The highest BCUT2D eigenvalue weighted by molar-refractivity contribution is 7.91. The van der Waals surface area contributed by atoms with Crippen molar-refractivity contribution < 1.29 is 36.2 Å². The van der Waals surface area contributed by atoms with Gasteiger partial charge in [0.25, 0.3) is 0 Å². The van der Waals surface area contributed by atoms with Gasteiger partial charge in [-0.1, -0.05) is 18.9 Å². The first kappa shape index (κ1) is 29.6. The molecule has 1 saturated heterocycles. The van der Waals surface area contributed by atoms with Gasteiger partial charge in [-0.15, -0.1) is 0 Å². The molecular formula is C27H31F3N6O5S. The molecule has 3 heterocycles. The number of anilines is 2. The van der Waals surface area contributed by atoms with Crippen LogP contribution in [0.4, 0.5) is 24.5 Å². The van der Waals surface area contributed by atoms with Crippen LogP contribution in [-0.4, -0.2) is 77.7 Å². The Morgan fingerprint density at radius 1 is 1.17 bits per heavy atom. The molecule has 4 aromatic rings. The van der Waals surface area contributed by atoms with E-state index in [0.717, 1.165) is 48.7 Å². The molecule has 0 unspecified atom stereocenters. The summed E-state index contributed by atoms with van der Waals surface area (Å²) in [7, 11) is -3.37. The molecule has 0 spiro atoms. The molecule has 3 N–H and O–H groups in total. The minimum Gasteiger partial charge on any atom is -0.475 e. The SMILES string of the molecule is CS(=O)(=O)c1cccc2[nH]c(CNc3cc(N4CCOCC4)cc4c3ncn4C3CCCC3)nc12.O=C(O)C(F)(F)F. The lowest BCUT2D eigenvalue weighted by molar-refractivity contribution is -0.192. The molecule has 2 aromatic carbocycles. The highest BCUT2D eigenvalue weighted by Crippen LogP contribution is 2.36. The van der Waals surface area contributed by atoms with Crippen LogP contribution in [-0.2, 0) is 25.9 Å². The Morgan fingerprint density at radius 3 is 2.50 bits per heavy atom. The summed E-state index contributed by atoms with van der Waals surface area (Å²) in [4.78, 5) is 24.2. The number of sulfone groups is 1. The maximum Gasteiger partial charge on any atom is 0.490 e. The van der Waals surface area contributed by atoms with Gasteiger partial charge in [-0.3, -0.25) is 0 Å². The van der Waals surface area contributed by atoms with Crippen LogP contribution >= 0.6 is 0 Å². The molecule has 2 aromatic heterocycles. The van der Waals surface area contributed by atoms with Gasteiger partial charge in [-0.05, 0) is 37.1 Å². The van der Waals surface area contributed by atoms with Crippen LogP contribution in [0.15, 0.2) is 41.6 Å². The van der Waals surface area contributed by atoms with E-state index in [4.69, 9.17) is 19.6 Å². The fraction of sp³-hybridized carbons (Fsp3) is 0.444. The average Bonchev–Trinajstić information content (AvgIpc) is 3.70. The van der Waals surface area contributed by atoms with Crippen molar-refractivity contribution in [1.82, 2.24) is 19.5 Å². The predicted molar refractivity (Wildman–Crippen MR) is 150 cm³/mol. The van der Waals surface area contributed by atoms with Crippen molar-refractivity contribution in [3.8, 4) is 0 Å². The second-order valence-corrected chi connectivity index (χ2v) is 12.3. The molecule has 0 radical (unpaired) electrons. The molecule has 0 atom stereocenters. The number of rotatable bonds is 6. The van der Waals surface area contributed by atoms with Crippen LogP contribution in [0.1, 0.15) is 37.5 Å². The Hall–Kier alpha value is -3.85. The number of aliphatic carboxylic acids is 1. The van der Waals surface area contributed by atoms with E-state index in [1.165, 1.54) is 31.9 Å². The summed E-state index contributed by atoms with van der Waals surface area (Å²) in [5, 5.41) is 10.7. The van der Waals surface area contributed by atoms with Crippen molar-refractivity contribution >= 4 is 49.2 Å². The maximum atomic E-state index is 12.2. The molecule has 226 valence electrons. The van der Waals surface area contributed by atoms with Crippen LogP contribution in [0.25, 0.3) is 22.1 Å². The van der Waals surface area contributed by atoms with Crippen molar-refractivity contribution in [3.05, 3.63) is 42.5 Å². The number of carbonyl (C=O) groups is 1. The highest BCUT2D eigenvalue weighted by atomic mass is 32.2. The molecule has 0 bridgehead atoms. The predicted octanol–water partition coefficient (Wildman–Crippen LogP) is 4.51. The van der Waals surface area contributed by atoms with Crippen LogP contribution in [0.3, 0.4) is 0 Å². The van der Waals surface area contributed by atoms with E-state index in [-0.39, 0.29) is 4.90 Å². The number of imidazole rings is 2. The number of carboxylic acid groups (broad SMARTS) is 1. The summed E-state index contributed by atoms with van der Waals surface area (Å²) >= 11 is 0. The maximum absolute atomic E-state index is 12.2. The van der Waals surface area contributed by atoms with Gasteiger partial charge < -0.3 is 29.6 Å². The van der Waals surface area contributed by atoms with Gasteiger partial charge in [-0.2, -0.15) is 13.2 Å². The first-order valence-electron chi connectivity index (χ1n) is 13.5. The molecular weight excluding hydrogens is 577 g/mol. The molecule has 42 heavy (non-hydrogen) atoms. The van der Waals surface area contributed by atoms with Crippen molar-refractivity contribution in [2.75, 3.05) is 42.8 Å². The summed E-state index contributed by atoms with van der Waals surface area (Å²) < 4.78 is 64.0. The number of hydrogen-bond donors (Lipinski definition) is 3. The first-order chi connectivity index (χ1) is 19.9. The van der Waals surface area contributed by atoms with E-state index in [0.29, 0.717) is 29.4 Å². The van der Waals surface area contributed by atoms with Crippen molar-refractivity contribution in [2.45, 2.75) is 49.3 Å². The number of para-hydroxylation sites is 1. The number of aromatic amines is 1. The Morgan fingerprint density at radius 2 is 1.86 bits per heavy atom. The number of nitrogens with zero attached hydrogens (tertiary/aromatic N) is 4. The number of halogens is 3. The molecule has 0 amide bonds. The lowest BCUT2D eigenvalue weighted by atomic mass is 10.2. The average molecular weight is 609 g/mol. The van der Waals surface area contributed by atoms with E-state index in [2.05, 4.69) is 36.9 Å². The van der Waals surface area contributed by atoms with Gasteiger partial charge in [-0.25, -0.2) is 23.2 Å². The number of morpholine rings is 1. The second-order valence-electron chi connectivity index (χ2n) is 10.3. The van der Waals surface area contributed by atoms with Crippen LogP contribution in [0, 0.1) is 0 Å². The van der Waals surface area contributed by atoms with E-state index in [1.54, 1.807) is 12.1 Å². The molecule has 15 heteroatoms. The first-order valence-corrected chi connectivity index (χ1v) is 15.4. The molecule has 2 fully saturated rings. The van der Waals surface area contributed by atoms with Gasteiger partial charge in [0, 0.05) is 31.1 Å². The monoisotopic (exact) mass is 608 g/mol. The third-order valence-electron chi connectivity index (χ3n) is 7.37. The van der Waals surface area contributed by atoms with Gasteiger partial charge in [0.15, 0.2) is 9.84 Å². The quantitative estimate of drug-likeness (QED) is 0.288. The van der Waals surface area contributed by atoms with Gasteiger partial charge >= 0.3 is 12.1 Å². The Labute approximate surface area is 239 Å². The lowest BCUT2D eigenvalue weighted by Gasteiger charge is -2.29. The summed E-state index contributed by atoms with van der Waals surface area (Å²) in [5.41, 5.74) is 5.39. The number of hydrogen-bond acceptors (Lipinski definition) is 8. The van der Waals surface area contributed by atoms with E-state index in [1.807, 2.05) is 12.4 Å². The zero-order chi connectivity index (χ0) is 30.1. The molecule has 2 aliphatic rings. The van der Waals surface area contributed by atoms with E-state index in [9.17, 15) is 21.6 Å². The van der Waals surface area contributed by atoms with E-state index >= 15 is 0 Å². The highest BCUT2D eigenvalue weighted by Gasteiger charge is 2.38. The van der Waals surface area contributed by atoms with Crippen molar-refractivity contribution in [2.24, 2.45) is 0 Å². The van der Waals surface area contributed by atoms with E-state index < -0.39 is 22.0 Å². The normalized spacial score (nSPS) is 16.5. The summed E-state index contributed by atoms with van der Waals surface area (Å²) in [5.74, 6) is -2.08. The number of alkyl halides is 3. The largest absolute Gasteiger partial charge is 0.490 e. The van der Waals surface area contributed by atoms with Crippen LogP contribution in [0.5, 0.6) is 0 Å². The van der Waals surface area contributed by atoms with Crippen molar-refractivity contribution in [3.63, 3.8) is 0 Å². The number of carboxylic acids is 1. The number of nitrogens with one attached hydrogen (secondary N) is 2. The molecule has 1 aliphatic carbocycles. The number of aromatic nitrogens is 4. The summed E-state index contributed by atoms with van der Waals surface area (Å²) in [6.07, 6.45) is 3.02. The Kier molecular flexibility index (Phi) is 8.32. The minimum atomic E-state index is -5.08. The zero-order valence-electron chi connectivity index (χ0n) is 22.8. The number of H-pyrrole nitrogens is 1. The fourth-order valence-corrected chi connectivity index (χ4v) is 6.18. The topological polar surface area (TPSA) is 142 Å². The third-order valence-corrected chi connectivity index (χ3v) is 8.50. The third kappa shape index (κ3) is 6.46. The summed E-state index contributed by atoms with van der Waals surface area (Å²) in [6.45, 7) is 3.60. The molecule has 1 saturated carbocycles. The number of ether oxygens (including phenoxy) is 1. The minimum absolute atomic E-state index is 0.240. The lowest BCUT2D eigenvalue weighted by Crippen LogP contribution is -2.36. The number of benzene rings is 2. The molecule has 11 nitrogen and oxygen atoms in total. The second kappa shape index (κ2) is 11.8. The van der Waals surface area contributed by atoms with Gasteiger partial charge in [0.05, 0.1) is 47.7 Å².